The van der Waals surface area contributed by atoms with Crippen LogP contribution in [0.4, 0.5) is 5.69 Å². The van der Waals surface area contributed by atoms with E-state index in [1.807, 2.05) is 60.0 Å². The van der Waals surface area contributed by atoms with Gasteiger partial charge in [0.15, 0.2) is 0 Å². The molecule has 1 N–H and O–H groups in total. The van der Waals surface area contributed by atoms with Crippen LogP contribution in [0.15, 0.2) is 72.1 Å². The summed E-state index contributed by atoms with van der Waals surface area (Å²) >= 11 is 1.60. The molecule has 0 saturated carbocycles. The minimum absolute atomic E-state index is 0.0184. The predicted molar refractivity (Wildman–Crippen MR) is 88.5 cm³/mol. The summed E-state index contributed by atoms with van der Waals surface area (Å²) in [7, 11) is 0. The van der Waals surface area contributed by atoms with Crippen LogP contribution in [0.25, 0.3) is 11.1 Å². The van der Waals surface area contributed by atoms with E-state index >= 15 is 0 Å². The van der Waals surface area contributed by atoms with Crippen LogP contribution in [-0.2, 0) is 11.2 Å². The molecule has 1 aromatic heterocycles. The Morgan fingerprint density at radius 1 is 0.857 bits per heavy atom. The van der Waals surface area contributed by atoms with Gasteiger partial charge >= 0.3 is 0 Å². The molecule has 1 heterocycles. The van der Waals surface area contributed by atoms with Crippen molar-refractivity contribution in [2.45, 2.75) is 6.42 Å². The molecule has 21 heavy (non-hydrogen) atoms. The Morgan fingerprint density at radius 3 is 2.24 bits per heavy atom. The average molecular weight is 293 g/mol. The standard InChI is InChI=1S/C18H15NOS/c20-18(13-17-7-4-12-21-17)19-16-10-8-15(9-11-16)14-5-2-1-3-6-14/h1-12H,13H2,(H,19,20). The van der Waals surface area contributed by atoms with Gasteiger partial charge in [0.05, 0.1) is 6.42 Å². The van der Waals surface area contributed by atoms with Gasteiger partial charge in [-0.25, -0.2) is 0 Å². The summed E-state index contributed by atoms with van der Waals surface area (Å²) in [6.07, 6.45) is 0.429. The fraction of sp³-hybridized carbons (Fsp3) is 0.0556. The van der Waals surface area contributed by atoms with Crippen molar-refractivity contribution in [1.29, 1.82) is 0 Å². The third-order valence-corrected chi connectivity index (χ3v) is 4.07. The van der Waals surface area contributed by atoms with Crippen molar-refractivity contribution in [3.8, 4) is 11.1 Å². The zero-order valence-corrected chi connectivity index (χ0v) is 12.3. The zero-order valence-electron chi connectivity index (χ0n) is 11.5. The topological polar surface area (TPSA) is 29.1 Å². The molecule has 104 valence electrons. The molecule has 0 saturated heterocycles. The Kier molecular flexibility index (Phi) is 4.12. The van der Waals surface area contributed by atoms with Gasteiger partial charge in [0.2, 0.25) is 5.91 Å². The number of hydrogen-bond acceptors (Lipinski definition) is 2. The number of carbonyl (C=O) groups is 1. The maximum Gasteiger partial charge on any atom is 0.229 e. The molecule has 2 nitrogen and oxygen atoms in total. The molecule has 0 bridgehead atoms. The Balaban J connectivity index is 1.66. The average Bonchev–Trinajstić information content (AvgIpc) is 3.02. The first kappa shape index (κ1) is 13.6. The molecule has 0 radical (unpaired) electrons. The quantitative estimate of drug-likeness (QED) is 0.748. The van der Waals surface area contributed by atoms with Crippen LogP contribution >= 0.6 is 11.3 Å². The van der Waals surface area contributed by atoms with Crippen molar-refractivity contribution in [3.05, 3.63) is 77.0 Å². The highest BCUT2D eigenvalue weighted by molar-refractivity contribution is 7.10. The van der Waals surface area contributed by atoms with Gasteiger partial charge in [-0.2, -0.15) is 0 Å². The molecule has 0 aliphatic heterocycles. The first-order chi connectivity index (χ1) is 10.3. The highest BCUT2D eigenvalue weighted by atomic mass is 32.1. The Labute approximate surface area is 128 Å². The minimum atomic E-state index is 0.0184. The van der Waals surface area contributed by atoms with Gasteiger partial charge in [-0.15, -0.1) is 11.3 Å². The number of nitrogens with one attached hydrogen (secondary N) is 1. The highest BCUT2D eigenvalue weighted by Gasteiger charge is 2.05. The molecule has 0 aliphatic rings. The number of hydrogen-bond donors (Lipinski definition) is 1. The summed E-state index contributed by atoms with van der Waals surface area (Å²) in [5.41, 5.74) is 3.15. The molecule has 0 aliphatic carbocycles. The van der Waals surface area contributed by atoms with Gasteiger partial charge in [0, 0.05) is 10.6 Å². The SMILES string of the molecule is O=C(Cc1cccs1)Nc1ccc(-c2ccccc2)cc1. The monoisotopic (exact) mass is 293 g/mol. The van der Waals surface area contributed by atoms with E-state index in [0.29, 0.717) is 6.42 Å². The molecule has 3 aromatic rings. The van der Waals surface area contributed by atoms with E-state index in [9.17, 15) is 4.79 Å². The largest absolute Gasteiger partial charge is 0.326 e. The molecular formula is C18H15NOS. The van der Waals surface area contributed by atoms with Crippen molar-refractivity contribution < 1.29 is 4.79 Å². The van der Waals surface area contributed by atoms with Crippen molar-refractivity contribution in [2.75, 3.05) is 5.32 Å². The minimum Gasteiger partial charge on any atom is -0.326 e. The first-order valence-electron chi connectivity index (χ1n) is 6.79. The summed E-state index contributed by atoms with van der Waals surface area (Å²) in [5, 5.41) is 4.91. The Bertz CT molecular complexity index is 703. The third kappa shape index (κ3) is 3.58. The van der Waals surface area contributed by atoms with Crippen LogP contribution in [0.2, 0.25) is 0 Å². The smallest absolute Gasteiger partial charge is 0.229 e. The second-order valence-corrected chi connectivity index (χ2v) is 5.78. The van der Waals surface area contributed by atoms with E-state index in [2.05, 4.69) is 17.4 Å². The van der Waals surface area contributed by atoms with E-state index < -0.39 is 0 Å². The van der Waals surface area contributed by atoms with Crippen LogP contribution in [0, 0.1) is 0 Å². The Morgan fingerprint density at radius 2 is 1.57 bits per heavy atom. The molecule has 0 atom stereocenters. The summed E-state index contributed by atoms with van der Waals surface area (Å²) in [5.74, 6) is 0.0184. The second-order valence-electron chi connectivity index (χ2n) is 4.75. The summed E-state index contributed by atoms with van der Waals surface area (Å²) < 4.78 is 0. The van der Waals surface area contributed by atoms with Crippen molar-refractivity contribution in [3.63, 3.8) is 0 Å². The lowest BCUT2D eigenvalue weighted by molar-refractivity contribution is -0.115. The zero-order chi connectivity index (χ0) is 14.5. The second kappa shape index (κ2) is 6.37. The lowest BCUT2D eigenvalue weighted by Crippen LogP contribution is -2.13. The lowest BCUT2D eigenvalue weighted by Gasteiger charge is -2.06. The molecule has 2 aromatic carbocycles. The van der Waals surface area contributed by atoms with E-state index in [0.717, 1.165) is 16.1 Å². The number of rotatable bonds is 4. The normalized spacial score (nSPS) is 10.3. The van der Waals surface area contributed by atoms with E-state index in [1.54, 1.807) is 11.3 Å². The van der Waals surface area contributed by atoms with Crippen molar-refractivity contribution in [1.82, 2.24) is 0 Å². The maximum absolute atomic E-state index is 11.9. The van der Waals surface area contributed by atoms with Gasteiger partial charge < -0.3 is 5.32 Å². The molecule has 0 fully saturated rings. The number of thiophene rings is 1. The molecule has 1 amide bonds. The van der Waals surface area contributed by atoms with Crippen molar-refractivity contribution in [2.24, 2.45) is 0 Å². The summed E-state index contributed by atoms with van der Waals surface area (Å²) in [6.45, 7) is 0. The van der Waals surface area contributed by atoms with Gasteiger partial charge in [-0.1, -0.05) is 48.5 Å². The first-order valence-corrected chi connectivity index (χ1v) is 7.67. The Hall–Kier alpha value is -2.39. The van der Waals surface area contributed by atoms with Crippen LogP contribution in [-0.4, -0.2) is 5.91 Å². The maximum atomic E-state index is 11.9. The number of anilines is 1. The molecule has 0 unspecified atom stereocenters. The molecule has 3 heteroatoms. The van der Waals surface area contributed by atoms with E-state index in [1.165, 1.54) is 5.56 Å². The summed E-state index contributed by atoms with van der Waals surface area (Å²) in [4.78, 5) is 13.0. The van der Waals surface area contributed by atoms with Crippen LogP contribution in [0.1, 0.15) is 4.88 Å². The fourth-order valence-electron chi connectivity index (χ4n) is 2.15. The third-order valence-electron chi connectivity index (χ3n) is 3.19. The summed E-state index contributed by atoms with van der Waals surface area (Å²) in [6, 6.07) is 22.1. The van der Waals surface area contributed by atoms with Gasteiger partial charge in [0.25, 0.3) is 0 Å². The van der Waals surface area contributed by atoms with Crippen molar-refractivity contribution >= 4 is 22.9 Å². The lowest BCUT2D eigenvalue weighted by atomic mass is 10.1. The van der Waals surface area contributed by atoms with Crippen LogP contribution in [0.3, 0.4) is 0 Å². The van der Waals surface area contributed by atoms with Crippen LogP contribution < -0.4 is 5.32 Å². The number of benzene rings is 2. The molecule has 3 rings (SSSR count). The molecule has 0 spiro atoms. The van der Waals surface area contributed by atoms with Crippen LogP contribution in [0.5, 0.6) is 0 Å². The van der Waals surface area contributed by atoms with E-state index in [4.69, 9.17) is 0 Å². The van der Waals surface area contributed by atoms with Gasteiger partial charge in [-0.3, -0.25) is 4.79 Å². The number of carbonyl (C=O) groups excluding carboxylic acids is 1. The highest BCUT2D eigenvalue weighted by Crippen LogP contribution is 2.21. The predicted octanol–water partition coefficient (Wildman–Crippen LogP) is 4.60. The molecular weight excluding hydrogens is 278 g/mol. The van der Waals surface area contributed by atoms with Gasteiger partial charge in [0.1, 0.15) is 0 Å². The van der Waals surface area contributed by atoms with E-state index in [-0.39, 0.29) is 5.91 Å². The van der Waals surface area contributed by atoms with Gasteiger partial charge in [-0.05, 0) is 34.7 Å². The fourth-order valence-corrected chi connectivity index (χ4v) is 2.86. The number of amides is 1.